The number of amides is 2. The second kappa shape index (κ2) is 6.59. The lowest BCUT2D eigenvalue weighted by Gasteiger charge is -2.40. The lowest BCUT2D eigenvalue weighted by molar-refractivity contribution is -0.146. The third kappa shape index (κ3) is 4.02. The Balaban J connectivity index is 1.89. The van der Waals surface area contributed by atoms with Crippen LogP contribution in [-0.4, -0.2) is 47.8 Å². The van der Waals surface area contributed by atoms with Gasteiger partial charge in [0.25, 0.3) is 0 Å². The van der Waals surface area contributed by atoms with E-state index in [4.69, 9.17) is 0 Å². The molecule has 0 unspecified atom stereocenters. The van der Waals surface area contributed by atoms with Crippen molar-refractivity contribution in [3.63, 3.8) is 0 Å². The molecule has 0 saturated carbocycles. The first kappa shape index (κ1) is 17.3. The van der Waals surface area contributed by atoms with Gasteiger partial charge in [0, 0.05) is 37.5 Å². The van der Waals surface area contributed by atoms with E-state index in [0.29, 0.717) is 17.7 Å². The number of carbonyl (C=O) groups is 2. The maximum absolute atomic E-state index is 12.7. The van der Waals surface area contributed by atoms with Gasteiger partial charge in [-0.05, 0) is 31.1 Å². The minimum absolute atomic E-state index is 0.113. The molecule has 2 aliphatic heterocycles. The van der Waals surface area contributed by atoms with E-state index >= 15 is 0 Å². The quantitative estimate of drug-likeness (QED) is 0.747. The third-order valence-corrected chi connectivity index (χ3v) is 4.95. The van der Waals surface area contributed by atoms with Gasteiger partial charge in [-0.2, -0.15) is 0 Å². The van der Waals surface area contributed by atoms with Crippen molar-refractivity contribution in [2.45, 2.75) is 53.9 Å². The second-order valence-electron chi connectivity index (χ2n) is 8.51. The monoisotopic (exact) mass is 308 g/mol. The third-order valence-electron chi connectivity index (χ3n) is 4.95. The van der Waals surface area contributed by atoms with Crippen LogP contribution in [0.1, 0.15) is 53.9 Å². The molecule has 2 aliphatic rings. The Morgan fingerprint density at radius 2 is 1.41 bits per heavy atom. The van der Waals surface area contributed by atoms with Crippen molar-refractivity contribution < 1.29 is 9.59 Å². The van der Waals surface area contributed by atoms with E-state index in [1.807, 2.05) is 25.7 Å². The highest BCUT2D eigenvalue weighted by Crippen LogP contribution is 2.27. The summed E-state index contributed by atoms with van der Waals surface area (Å²) in [5.74, 6) is 1.85. The van der Waals surface area contributed by atoms with Gasteiger partial charge in [-0.25, -0.2) is 0 Å². The van der Waals surface area contributed by atoms with Crippen LogP contribution in [-0.2, 0) is 9.59 Å². The Bertz CT molecular complexity index is 409. The van der Waals surface area contributed by atoms with Crippen molar-refractivity contribution in [3.8, 4) is 0 Å². The Labute approximate surface area is 135 Å². The number of rotatable bonds is 1. The molecule has 4 heteroatoms. The van der Waals surface area contributed by atoms with Crippen LogP contribution in [0, 0.1) is 23.2 Å². The van der Waals surface area contributed by atoms with Gasteiger partial charge in [-0.1, -0.05) is 34.6 Å². The molecule has 0 spiro atoms. The van der Waals surface area contributed by atoms with Gasteiger partial charge in [0.1, 0.15) is 0 Å². The van der Waals surface area contributed by atoms with Gasteiger partial charge >= 0.3 is 0 Å². The molecule has 2 fully saturated rings. The van der Waals surface area contributed by atoms with E-state index < -0.39 is 0 Å². The predicted octanol–water partition coefficient (Wildman–Crippen LogP) is 2.78. The molecule has 0 aliphatic carbocycles. The molecule has 2 atom stereocenters. The fraction of sp³-hybridized carbons (Fsp3) is 0.889. The fourth-order valence-corrected chi connectivity index (χ4v) is 3.90. The fourth-order valence-electron chi connectivity index (χ4n) is 3.90. The van der Waals surface area contributed by atoms with Crippen LogP contribution in [0.3, 0.4) is 0 Å². The Hall–Kier alpha value is -1.06. The van der Waals surface area contributed by atoms with Crippen LogP contribution in [0.15, 0.2) is 0 Å². The topological polar surface area (TPSA) is 40.6 Å². The molecular formula is C18H32N2O2. The number of nitrogens with zero attached hydrogens (tertiary/aromatic N) is 2. The second-order valence-corrected chi connectivity index (χ2v) is 8.51. The van der Waals surface area contributed by atoms with Crippen molar-refractivity contribution in [2.75, 3.05) is 26.2 Å². The first-order chi connectivity index (χ1) is 10.2. The van der Waals surface area contributed by atoms with Gasteiger partial charge < -0.3 is 9.80 Å². The predicted molar refractivity (Wildman–Crippen MR) is 88.3 cm³/mol. The van der Waals surface area contributed by atoms with E-state index in [9.17, 15) is 9.59 Å². The zero-order valence-corrected chi connectivity index (χ0v) is 14.9. The highest BCUT2D eigenvalue weighted by molar-refractivity contribution is 5.82. The van der Waals surface area contributed by atoms with Crippen molar-refractivity contribution >= 4 is 11.8 Å². The van der Waals surface area contributed by atoms with Crippen molar-refractivity contribution in [1.82, 2.24) is 9.80 Å². The summed E-state index contributed by atoms with van der Waals surface area (Å²) >= 11 is 0. The first-order valence-electron chi connectivity index (χ1n) is 8.76. The minimum atomic E-state index is -0.325. The van der Waals surface area contributed by atoms with Crippen molar-refractivity contribution in [1.29, 1.82) is 0 Å². The highest BCUT2D eigenvalue weighted by atomic mass is 16.2. The molecule has 0 aromatic heterocycles. The molecule has 0 radical (unpaired) electrons. The van der Waals surface area contributed by atoms with Crippen LogP contribution in [0.2, 0.25) is 0 Å². The van der Waals surface area contributed by atoms with E-state index in [2.05, 4.69) is 18.7 Å². The Morgan fingerprint density at radius 1 is 0.909 bits per heavy atom. The van der Waals surface area contributed by atoms with Gasteiger partial charge in [-0.3, -0.25) is 9.59 Å². The summed E-state index contributed by atoms with van der Waals surface area (Å²) in [7, 11) is 0. The first-order valence-corrected chi connectivity index (χ1v) is 8.76. The van der Waals surface area contributed by atoms with Gasteiger partial charge in [0.2, 0.25) is 11.8 Å². The van der Waals surface area contributed by atoms with Crippen LogP contribution < -0.4 is 0 Å². The van der Waals surface area contributed by atoms with Crippen LogP contribution in [0.25, 0.3) is 0 Å². The number of hydrogen-bond acceptors (Lipinski definition) is 2. The summed E-state index contributed by atoms with van der Waals surface area (Å²) in [5.41, 5.74) is -0.325. The largest absolute Gasteiger partial charge is 0.342 e. The van der Waals surface area contributed by atoms with E-state index in [1.165, 1.54) is 6.42 Å². The van der Waals surface area contributed by atoms with E-state index in [1.54, 1.807) is 0 Å². The summed E-state index contributed by atoms with van der Waals surface area (Å²) in [6, 6.07) is 0. The number of likely N-dealkylation sites (tertiary alicyclic amines) is 2. The molecule has 126 valence electrons. The van der Waals surface area contributed by atoms with Crippen LogP contribution >= 0.6 is 0 Å². The number of carbonyl (C=O) groups excluding carboxylic acids is 2. The molecule has 0 aromatic carbocycles. The SMILES string of the molecule is C[C@@H]1C[C@@H](C)CN(C(=O)C2CCN(C(=O)C(C)(C)C)CC2)C1. The molecule has 22 heavy (non-hydrogen) atoms. The summed E-state index contributed by atoms with van der Waals surface area (Å²) in [5, 5.41) is 0. The molecule has 2 heterocycles. The molecule has 2 saturated heterocycles. The molecule has 0 bridgehead atoms. The maximum atomic E-state index is 12.7. The molecule has 0 N–H and O–H groups in total. The van der Waals surface area contributed by atoms with Crippen molar-refractivity contribution in [2.24, 2.45) is 23.2 Å². The molecule has 2 rings (SSSR count). The molecule has 4 nitrogen and oxygen atoms in total. The lowest BCUT2D eigenvalue weighted by atomic mass is 9.88. The zero-order chi connectivity index (χ0) is 16.5. The van der Waals surface area contributed by atoms with Crippen LogP contribution in [0.5, 0.6) is 0 Å². The summed E-state index contributed by atoms with van der Waals surface area (Å²) in [6.07, 6.45) is 2.86. The normalized spacial score (nSPS) is 27.9. The number of piperidine rings is 2. The smallest absolute Gasteiger partial charge is 0.227 e. The minimum Gasteiger partial charge on any atom is -0.342 e. The zero-order valence-electron chi connectivity index (χ0n) is 14.9. The van der Waals surface area contributed by atoms with E-state index in [0.717, 1.165) is 39.0 Å². The summed E-state index contributed by atoms with van der Waals surface area (Å²) in [4.78, 5) is 29.1. The molecule has 2 amide bonds. The molecule has 0 aromatic rings. The van der Waals surface area contributed by atoms with Gasteiger partial charge in [-0.15, -0.1) is 0 Å². The van der Waals surface area contributed by atoms with Crippen molar-refractivity contribution in [3.05, 3.63) is 0 Å². The Morgan fingerprint density at radius 3 is 1.86 bits per heavy atom. The highest BCUT2D eigenvalue weighted by Gasteiger charge is 2.35. The van der Waals surface area contributed by atoms with Gasteiger partial charge in [0.15, 0.2) is 0 Å². The van der Waals surface area contributed by atoms with E-state index in [-0.39, 0.29) is 17.2 Å². The Kier molecular flexibility index (Phi) is 5.18. The lowest BCUT2D eigenvalue weighted by Crippen LogP contribution is -2.49. The average Bonchev–Trinajstić information content (AvgIpc) is 2.44. The summed E-state index contributed by atoms with van der Waals surface area (Å²) < 4.78 is 0. The average molecular weight is 308 g/mol. The number of hydrogen-bond donors (Lipinski definition) is 0. The maximum Gasteiger partial charge on any atom is 0.227 e. The standard InChI is InChI=1S/C18H32N2O2/c1-13-10-14(2)12-20(11-13)16(21)15-6-8-19(9-7-15)17(22)18(3,4)5/h13-15H,6-12H2,1-5H3/t13-,14-/m1/s1. The molecular weight excluding hydrogens is 276 g/mol. The van der Waals surface area contributed by atoms with Crippen LogP contribution in [0.4, 0.5) is 0 Å². The summed E-state index contributed by atoms with van der Waals surface area (Å²) in [6.45, 7) is 13.6. The van der Waals surface area contributed by atoms with Gasteiger partial charge in [0.05, 0.1) is 0 Å².